The van der Waals surface area contributed by atoms with Crippen LogP contribution < -0.4 is 5.32 Å². The second-order valence-corrected chi connectivity index (χ2v) is 5.15. The second kappa shape index (κ2) is 8.03. The highest BCUT2D eigenvalue weighted by molar-refractivity contribution is 4.72. The van der Waals surface area contributed by atoms with Crippen LogP contribution in [-0.4, -0.2) is 57.6 Å². The van der Waals surface area contributed by atoms with Gasteiger partial charge in [0, 0.05) is 20.8 Å². The first kappa shape index (κ1) is 14.9. The molecule has 0 amide bonds. The van der Waals surface area contributed by atoms with Gasteiger partial charge in [-0.05, 0) is 45.3 Å². The van der Waals surface area contributed by atoms with Crippen LogP contribution in [0.4, 0.5) is 0 Å². The van der Waals surface area contributed by atoms with Crippen molar-refractivity contribution in [2.24, 2.45) is 5.92 Å². The van der Waals surface area contributed by atoms with Crippen LogP contribution in [0.2, 0.25) is 0 Å². The molecular weight excluding hydrogens is 216 g/mol. The van der Waals surface area contributed by atoms with E-state index in [1.165, 1.54) is 32.5 Å². The Morgan fingerprint density at radius 3 is 2.24 bits per heavy atom. The smallest absolute Gasteiger partial charge is 0.171 e. The van der Waals surface area contributed by atoms with Crippen LogP contribution in [0.5, 0.6) is 0 Å². The van der Waals surface area contributed by atoms with Crippen molar-refractivity contribution >= 4 is 0 Å². The van der Waals surface area contributed by atoms with Crippen molar-refractivity contribution in [3.05, 3.63) is 0 Å². The van der Waals surface area contributed by atoms with Gasteiger partial charge >= 0.3 is 0 Å². The Hall–Kier alpha value is -0.160. The van der Waals surface area contributed by atoms with E-state index in [-0.39, 0.29) is 12.3 Å². The van der Waals surface area contributed by atoms with E-state index >= 15 is 0 Å². The minimum absolute atomic E-state index is 0.158. The molecular formula is C13H28N2O2. The minimum atomic E-state index is -0.158. The SMILES string of the molecule is COC(OC)C(C)NCC(C)CN1CCCC1. The molecule has 0 aromatic heterocycles. The molecule has 1 aliphatic rings. The normalized spacial score (nSPS) is 21.0. The van der Waals surface area contributed by atoms with Crippen molar-refractivity contribution < 1.29 is 9.47 Å². The minimum Gasteiger partial charge on any atom is -0.354 e. The molecule has 1 fully saturated rings. The molecule has 1 saturated heterocycles. The highest BCUT2D eigenvalue weighted by atomic mass is 16.7. The topological polar surface area (TPSA) is 33.7 Å². The molecule has 0 saturated carbocycles. The fraction of sp³-hybridized carbons (Fsp3) is 1.00. The van der Waals surface area contributed by atoms with E-state index in [1.54, 1.807) is 14.2 Å². The molecule has 0 aliphatic carbocycles. The Kier molecular flexibility index (Phi) is 7.04. The van der Waals surface area contributed by atoms with E-state index in [1.807, 2.05) is 0 Å². The van der Waals surface area contributed by atoms with Crippen molar-refractivity contribution in [3.8, 4) is 0 Å². The molecule has 1 heterocycles. The maximum absolute atomic E-state index is 5.23. The average Bonchev–Trinajstić information content (AvgIpc) is 2.81. The van der Waals surface area contributed by atoms with E-state index in [2.05, 4.69) is 24.1 Å². The molecule has 0 radical (unpaired) electrons. The van der Waals surface area contributed by atoms with Crippen LogP contribution in [0.3, 0.4) is 0 Å². The number of nitrogens with zero attached hydrogens (tertiary/aromatic N) is 1. The largest absolute Gasteiger partial charge is 0.354 e. The summed E-state index contributed by atoms with van der Waals surface area (Å²) in [6.45, 7) is 9.16. The fourth-order valence-corrected chi connectivity index (χ4v) is 2.46. The molecule has 102 valence electrons. The van der Waals surface area contributed by atoms with Gasteiger partial charge in [0.1, 0.15) is 0 Å². The zero-order valence-electron chi connectivity index (χ0n) is 11.7. The molecule has 0 spiro atoms. The van der Waals surface area contributed by atoms with Crippen LogP contribution in [0.15, 0.2) is 0 Å². The molecule has 4 nitrogen and oxygen atoms in total. The maximum atomic E-state index is 5.23. The van der Waals surface area contributed by atoms with Crippen molar-refractivity contribution in [3.63, 3.8) is 0 Å². The van der Waals surface area contributed by atoms with Gasteiger partial charge in [-0.3, -0.25) is 0 Å². The van der Waals surface area contributed by atoms with E-state index in [0.29, 0.717) is 5.92 Å². The maximum Gasteiger partial charge on any atom is 0.171 e. The summed E-state index contributed by atoms with van der Waals surface area (Å²) in [6.07, 6.45) is 2.58. The summed E-state index contributed by atoms with van der Waals surface area (Å²) in [6, 6.07) is 0.228. The summed E-state index contributed by atoms with van der Waals surface area (Å²) in [5.41, 5.74) is 0. The standard InChI is InChI=1S/C13H28N2O2/c1-11(10-15-7-5-6-8-15)9-14-12(2)13(16-3)17-4/h11-14H,5-10H2,1-4H3. The number of nitrogens with one attached hydrogen (secondary N) is 1. The number of methoxy groups -OCH3 is 2. The third kappa shape index (κ3) is 5.34. The number of rotatable bonds is 8. The zero-order valence-corrected chi connectivity index (χ0v) is 11.7. The van der Waals surface area contributed by atoms with Crippen molar-refractivity contribution in [2.75, 3.05) is 40.4 Å². The summed E-state index contributed by atoms with van der Waals surface area (Å²) < 4.78 is 10.5. The van der Waals surface area contributed by atoms with E-state index in [0.717, 1.165) is 6.54 Å². The van der Waals surface area contributed by atoms with Crippen molar-refractivity contribution in [1.82, 2.24) is 10.2 Å². The average molecular weight is 244 g/mol. The van der Waals surface area contributed by atoms with E-state index in [9.17, 15) is 0 Å². The van der Waals surface area contributed by atoms with E-state index in [4.69, 9.17) is 9.47 Å². The lowest BCUT2D eigenvalue weighted by Gasteiger charge is -2.25. The van der Waals surface area contributed by atoms with Gasteiger partial charge in [-0.2, -0.15) is 0 Å². The number of hydrogen-bond acceptors (Lipinski definition) is 4. The summed E-state index contributed by atoms with van der Waals surface area (Å²) in [4.78, 5) is 2.56. The van der Waals surface area contributed by atoms with Gasteiger partial charge in [-0.1, -0.05) is 6.92 Å². The number of likely N-dealkylation sites (tertiary alicyclic amines) is 1. The van der Waals surface area contributed by atoms with Gasteiger partial charge in [0.2, 0.25) is 0 Å². The van der Waals surface area contributed by atoms with Crippen LogP contribution in [0.1, 0.15) is 26.7 Å². The van der Waals surface area contributed by atoms with Gasteiger partial charge in [0.25, 0.3) is 0 Å². The lowest BCUT2D eigenvalue weighted by atomic mass is 10.1. The molecule has 0 aromatic rings. The zero-order chi connectivity index (χ0) is 12.7. The molecule has 4 heteroatoms. The van der Waals surface area contributed by atoms with Gasteiger partial charge < -0.3 is 19.7 Å². The quantitative estimate of drug-likeness (QED) is 0.653. The molecule has 1 N–H and O–H groups in total. The Bertz CT molecular complexity index is 192. The van der Waals surface area contributed by atoms with Gasteiger partial charge in [-0.15, -0.1) is 0 Å². The van der Waals surface area contributed by atoms with Gasteiger partial charge in [0.05, 0.1) is 6.04 Å². The summed E-state index contributed by atoms with van der Waals surface area (Å²) >= 11 is 0. The molecule has 0 aromatic carbocycles. The third-order valence-corrected chi connectivity index (χ3v) is 3.43. The first-order valence-corrected chi connectivity index (χ1v) is 6.68. The predicted molar refractivity (Wildman–Crippen MR) is 70.1 cm³/mol. The first-order chi connectivity index (χ1) is 8.17. The molecule has 1 aliphatic heterocycles. The second-order valence-electron chi connectivity index (χ2n) is 5.15. The molecule has 1 rings (SSSR count). The Morgan fingerprint density at radius 2 is 1.71 bits per heavy atom. The monoisotopic (exact) mass is 244 g/mol. The number of ether oxygens (including phenoxy) is 2. The fourth-order valence-electron chi connectivity index (χ4n) is 2.46. The lowest BCUT2D eigenvalue weighted by Crippen LogP contribution is -2.43. The summed E-state index contributed by atoms with van der Waals surface area (Å²) in [7, 11) is 3.36. The molecule has 2 unspecified atom stereocenters. The summed E-state index contributed by atoms with van der Waals surface area (Å²) in [5, 5.41) is 3.48. The van der Waals surface area contributed by atoms with Crippen LogP contribution in [0, 0.1) is 5.92 Å². The number of hydrogen-bond donors (Lipinski definition) is 1. The summed E-state index contributed by atoms with van der Waals surface area (Å²) in [5.74, 6) is 0.671. The predicted octanol–water partition coefficient (Wildman–Crippen LogP) is 1.32. The Morgan fingerprint density at radius 1 is 1.12 bits per heavy atom. The van der Waals surface area contributed by atoms with Crippen molar-refractivity contribution in [1.29, 1.82) is 0 Å². The van der Waals surface area contributed by atoms with E-state index < -0.39 is 0 Å². The lowest BCUT2D eigenvalue weighted by molar-refractivity contribution is -0.119. The van der Waals surface area contributed by atoms with Crippen molar-refractivity contribution in [2.45, 2.75) is 39.0 Å². The van der Waals surface area contributed by atoms with Crippen LogP contribution in [0.25, 0.3) is 0 Å². The van der Waals surface area contributed by atoms with Crippen LogP contribution >= 0.6 is 0 Å². The third-order valence-electron chi connectivity index (χ3n) is 3.43. The highest BCUT2D eigenvalue weighted by Gasteiger charge is 2.18. The van der Waals surface area contributed by atoms with Gasteiger partial charge in [0.15, 0.2) is 6.29 Å². The highest BCUT2D eigenvalue weighted by Crippen LogP contribution is 2.10. The Balaban J connectivity index is 2.15. The molecule has 17 heavy (non-hydrogen) atoms. The van der Waals surface area contributed by atoms with Gasteiger partial charge in [-0.25, -0.2) is 0 Å². The first-order valence-electron chi connectivity index (χ1n) is 6.68. The molecule has 0 bridgehead atoms. The Labute approximate surface area is 106 Å². The van der Waals surface area contributed by atoms with Crippen LogP contribution in [-0.2, 0) is 9.47 Å². The molecule has 2 atom stereocenters.